The highest BCUT2D eigenvalue weighted by molar-refractivity contribution is 7.89. The van der Waals surface area contributed by atoms with E-state index >= 15 is 0 Å². The average Bonchev–Trinajstić information content (AvgIpc) is 3.57. The minimum Gasteiger partial charge on any atom is -0.447 e. The molecule has 4 fully saturated rings. The summed E-state index contributed by atoms with van der Waals surface area (Å²) in [5.74, 6) is 1.72. The standard InChI is InChI=1S/C24H41N3O5S/c1-15(2)32-24(29)26-13-16(3)27(23(28)19-8-9-19)21-11-10-20(12-22(21)26)18-6-4-17(5-7-18)14-33(25,30)31/h15-22H,4-14H2,1-3H3,(H2,25,30,31)/t16-,17?,18?,20?,21?,22?/m0/s1. The second-order valence-corrected chi connectivity index (χ2v) is 12.9. The van der Waals surface area contributed by atoms with Gasteiger partial charge in [0.15, 0.2) is 0 Å². The number of sulfonamides is 1. The van der Waals surface area contributed by atoms with Gasteiger partial charge in [0.2, 0.25) is 15.9 Å². The highest BCUT2D eigenvalue weighted by Gasteiger charge is 2.50. The molecule has 0 aromatic carbocycles. The number of nitrogens with two attached hydrogens (primary N) is 1. The van der Waals surface area contributed by atoms with E-state index in [4.69, 9.17) is 9.88 Å². The Morgan fingerprint density at radius 2 is 1.61 bits per heavy atom. The summed E-state index contributed by atoms with van der Waals surface area (Å²) >= 11 is 0. The van der Waals surface area contributed by atoms with Crippen LogP contribution in [-0.2, 0) is 19.6 Å². The number of nitrogens with zero attached hydrogens (tertiary/aromatic N) is 2. The Labute approximate surface area is 198 Å². The summed E-state index contributed by atoms with van der Waals surface area (Å²) in [6.45, 7) is 6.33. The van der Waals surface area contributed by atoms with Gasteiger partial charge in [-0.1, -0.05) is 0 Å². The van der Waals surface area contributed by atoms with Gasteiger partial charge in [0, 0.05) is 18.5 Å². The molecule has 3 saturated carbocycles. The lowest BCUT2D eigenvalue weighted by Gasteiger charge is -2.54. The fourth-order valence-corrected chi connectivity index (χ4v) is 7.63. The summed E-state index contributed by atoms with van der Waals surface area (Å²) in [6.07, 6.45) is 8.23. The Balaban J connectivity index is 1.46. The van der Waals surface area contributed by atoms with Crippen molar-refractivity contribution in [2.75, 3.05) is 12.3 Å². The van der Waals surface area contributed by atoms with Gasteiger partial charge in [-0.15, -0.1) is 0 Å². The summed E-state index contributed by atoms with van der Waals surface area (Å²) in [5.41, 5.74) is 0. The van der Waals surface area contributed by atoms with Crippen LogP contribution >= 0.6 is 0 Å². The molecule has 33 heavy (non-hydrogen) atoms. The lowest BCUT2D eigenvalue weighted by atomic mass is 9.68. The molecular formula is C24H41N3O5S. The molecule has 3 aliphatic carbocycles. The molecule has 4 aliphatic rings. The quantitative estimate of drug-likeness (QED) is 0.646. The molecule has 4 rings (SSSR count). The molecule has 1 aliphatic heterocycles. The highest BCUT2D eigenvalue weighted by Crippen LogP contribution is 2.45. The van der Waals surface area contributed by atoms with Crippen LogP contribution in [0.1, 0.15) is 78.6 Å². The van der Waals surface area contributed by atoms with Gasteiger partial charge in [0.25, 0.3) is 0 Å². The summed E-state index contributed by atoms with van der Waals surface area (Å²) in [7, 11) is -3.43. The summed E-state index contributed by atoms with van der Waals surface area (Å²) in [6, 6.07) is 0.0665. The van der Waals surface area contributed by atoms with Gasteiger partial charge in [-0.05, 0) is 96.3 Å². The topological polar surface area (TPSA) is 110 Å². The number of primary sulfonamides is 1. The first kappa shape index (κ1) is 24.8. The largest absolute Gasteiger partial charge is 0.447 e. The van der Waals surface area contributed by atoms with Crippen molar-refractivity contribution < 1.29 is 22.7 Å². The molecule has 8 nitrogen and oxygen atoms in total. The smallest absolute Gasteiger partial charge is 0.410 e. The first-order valence-electron chi connectivity index (χ1n) is 12.8. The lowest BCUT2D eigenvalue weighted by Crippen LogP contribution is -2.67. The van der Waals surface area contributed by atoms with Crippen molar-refractivity contribution >= 4 is 22.0 Å². The third-order valence-electron chi connectivity index (χ3n) is 8.29. The second kappa shape index (κ2) is 9.72. The Morgan fingerprint density at radius 3 is 2.18 bits per heavy atom. The van der Waals surface area contributed by atoms with Crippen LogP contribution < -0.4 is 5.14 Å². The van der Waals surface area contributed by atoms with Gasteiger partial charge in [0.1, 0.15) is 0 Å². The third-order valence-corrected chi connectivity index (χ3v) is 9.23. The molecule has 1 heterocycles. The predicted molar refractivity (Wildman–Crippen MR) is 126 cm³/mol. The number of carbonyl (C=O) groups is 2. The first-order chi connectivity index (χ1) is 15.5. The van der Waals surface area contributed by atoms with E-state index in [1.165, 1.54) is 0 Å². The number of carbonyl (C=O) groups excluding carboxylic acids is 2. The summed E-state index contributed by atoms with van der Waals surface area (Å²) in [4.78, 5) is 30.2. The van der Waals surface area contributed by atoms with E-state index in [0.29, 0.717) is 18.4 Å². The van der Waals surface area contributed by atoms with Gasteiger partial charge in [-0.25, -0.2) is 18.4 Å². The number of amides is 2. The van der Waals surface area contributed by atoms with Crippen molar-refractivity contribution in [1.82, 2.24) is 9.80 Å². The number of ether oxygens (including phenoxy) is 1. The fourth-order valence-electron chi connectivity index (χ4n) is 6.64. The van der Waals surface area contributed by atoms with Crippen molar-refractivity contribution in [3.63, 3.8) is 0 Å². The molecule has 0 aromatic heterocycles. The zero-order chi connectivity index (χ0) is 23.9. The van der Waals surface area contributed by atoms with Crippen LogP contribution in [0.5, 0.6) is 0 Å². The van der Waals surface area contributed by atoms with Crippen molar-refractivity contribution in [1.29, 1.82) is 0 Å². The molecule has 188 valence electrons. The summed E-state index contributed by atoms with van der Waals surface area (Å²) < 4.78 is 28.6. The van der Waals surface area contributed by atoms with Crippen LogP contribution in [0.25, 0.3) is 0 Å². The van der Waals surface area contributed by atoms with Gasteiger partial charge in [0.05, 0.1) is 23.9 Å². The normalized spacial score (nSPS) is 35.3. The van der Waals surface area contributed by atoms with Crippen LogP contribution in [0.3, 0.4) is 0 Å². The van der Waals surface area contributed by atoms with E-state index in [1.807, 2.05) is 18.7 Å². The van der Waals surface area contributed by atoms with E-state index in [1.54, 1.807) is 0 Å². The molecule has 0 spiro atoms. The van der Waals surface area contributed by atoms with Crippen LogP contribution in [0.4, 0.5) is 4.79 Å². The molecular weight excluding hydrogens is 442 g/mol. The number of hydrogen-bond acceptors (Lipinski definition) is 5. The van der Waals surface area contributed by atoms with Gasteiger partial charge in [-0.3, -0.25) is 4.79 Å². The second-order valence-electron chi connectivity index (χ2n) is 11.3. The van der Waals surface area contributed by atoms with E-state index in [9.17, 15) is 18.0 Å². The SMILES string of the molecule is CC(C)OC(=O)N1C[C@H](C)N(C(=O)C2CC2)C2CCC(C3CCC(CS(N)(=O)=O)CC3)CC21. The third kappa shape index (κ3) is 5.84. The lowest BCUT2D eigenvalue weighted by molar-refractivity contribution is -0.146. The Kier molecular flexibility index (Phi) is 7.29. The maximum atomic E-state index is 13.1. The van der Waals surface area contributed by atoms with Gasteiger partial charge >= 0.3 is 6.09 Å². The average molecular weight is 484 g/mol. The van der Waals surface area contributed by atoms with E-state index < -0.39 is 10.0 Å². The van der Waals surface area contributed by atoms with E-state index in [-0.39, 0.29) is 53.8 Å². The van der Waals surface area contributed by atoms with E-state index in [0.717, 1.165) is 57.8 Å². The highest BCUT2D eigenvalue weighted by atomic mass is 32.2. The molecule has 2 N–H and O–H groups in total. The monoisotopic (exact) mass is 483 g/mol. The maximum absolute atomic E-state index is 13.1. The van der Waals surface area contributed by atoms with Crippen molar-refractivity contribution in [2.45, 2.75) is 103 Å². The predicted octanol–water partition coefficient (Wildman–Crippen LogP) is 3.11. The van der Waals surface area contributed by atoms with Crippen molar-refractivity contribution in [3.8, 4) is 0 Å². The molecule has 2 amide bonds. The zero-order valence-corrected chi connectivity index (χ0v) is 21.1. The zero-order valence-electron chi connectivity index (χ0n) is 20.3. The molecule has 0 radical (unpaired) electrons. The van der Waals surface area contributed by atoms with Crippen LogP contribution in [0.2, 0.25) is 0 Å². The van der Waals surface area contributed by atoms with E-state index in [2.05, 4.69) is 11.8 Å². The number of rotatable bonds is 5. The van der Waals surface area contributed by atoms with Crippen molar-refractivity contribution in [3.05, 3.63) is 0 Å². The Hall–Kier alpha value is -1.35. The molecule has 1 saturated heterocycles. The minimum atomic E-state index is -3.43. The number of fused-ring (bicyclic) bond motifs is 1. The molecule has 9 heteroatoms. The van der Waals surface area contributed by atoms with Crippen LogP contribution in [0.15, 0.2) is 0 Å². The van der Waals surface area contributed by atoms with Crippen LogP contribution in [0, 0.1) is 23.7 Å². The van der Waals surface area contributed by atoms with Gasteiger partial charge in [-0.2, -0.15) is 0 Å². The van der Waals surface area contributed by atoms with Crippen molar-refractivity contribution in [2.24, 2.45) is 28.8 Å². The van der Waals surface area contributed by atoms with Gasteiger partial charge < -0.3 is 14.5 Å². The van der Waals surface area contributed by atoms with Crippen LogP contribution in [-0.4, -0.2) is 66.7 Å². The maximum Gasteiger partial charge on any atom is 0.410 e. The fraction of sp³-hybridized carbons (Fsp3) is 0.917. The number of piperazine rings is 1. The molecule has 4 atom stereocenters. The Morgan fingerprint density at radius 1 is 0.970 bits per heavy atom. The molecule has 0 bridgehead atoms. The first-order valence-corrected chi connectivity index (χ1v) is 14.5. The molecule has 0 aromatic rings. The minimum absolute atomic E-state index is 0.00366. The number of hydrogen-bond donors (Lipinski definition) is 1. The molecule has 3 unspecified atom stereocenters. The summed E-state index contributed by atoms with van der Waals surface area (Å²) in [5, 5.41) is 5.26. The Bertz CT molecular complexity index is 835.